The number of aliphatic hydroxyl groups excluding tert-OH is 2. The average molecular weight is 549 g/mol. The maximum absolute atomic E-state index is 13.6. The van der Waals surface area contributed by atoms with Crippen molar-refractivity contribution in [2.45, 2.75) is 127 Å². The maximum Gasteiger partial charge on any atom is 0.331 e. The fraction of sp³-hybridized carbons (Fsp3) is 0.867. The van der Waals surface area contributed by atoms with Gasteiger partial charge in [-0.05, 0) is 88.5 Å². The minimum absolute atomic E-state index is 0.0153. The number of Topliss-reactive ketones (excluding diaryl/α,β-unsaturated/α-hetero) is 1. The molecule has 9 nitrogen and oxygen atoms in total. The standard InChI is InChI=1S/C30H44O9/c1-16-26(34)23(32)13-25(38-16)39-19-4-10-29(17(2)31)21-5-8-27(3)20(18-12-24(33)37-15-18)7-11-30(27,36)22(21)6-9-28(29,35)14-19/h12,16,19-23,25-26,32,34-36H,4-11,13-15H2,1-3H3. The van der Waals surface area contributed by atoms with E-state index in [0.29, 0.717) is 45.1 Å². The Kier molecular flexibility index (Phi) is 6.65. The summed E-state index contributed by atoms with van der Waals surface area (Å²) in [6.07, 6.45) is 3.52. The number of esters is 1. The van der Waals surface area contributed by atoms with E-state index in [0.717, 1.165) is 24.8 Å². The monoisotopic (exact) mass is 548 g/mol. The Labute approximate surface area is 229 Å². The molecule has 39 heavy (non-hydrogen) atoms. The predicted octanol–water partition coefficient (Wildman–Crippen LogP) is 2.17. The van der Waals surface area contributed by atoms with Crippen LogP contribution in [0.5, 0.6) is 0 Å². The molecule has 4 saturated carbocycles. The van der Waals surface area contributed by atoms with Gasteiger partial charge in [-0.3, -0.25) is 4.79 Å². The van der Waals surface area contributed by atoms with E-state index in [9.17, 15) is 30.0 Å². The lowest BCUT2D eigenvalue weighted by atomic mass is 9.40. The van der Waals surface area contributed by atoms with Gasteiger partial charge in [-0.2, -0.15) is 0 Å². The van der Waals surface area contributed by atoms with Crippen LogP contribution < -0.4 is 0 Å². The molecule has 0 aromatic heterocycles. The van der Waals surface area contributed by atoms with Crippen molar-refractivity contribution in [2.75, 3.05) is 6.61 Å². The van der Waals surface area contributed by atoms with Crippen molar-refractivity contribution in [1.29, 1.82) is 0 Å². The lowest BCUT2D eigenvalue weighted by molar-refractivity contribution is -0.287. The zero-order chi connectivity index (χ0) is 28.0. The third kappa shape index (κ3) is 3.87. The molecule has 0 spiro atoms. The van der Waals surface area contributed by atoms with Crippen LogP contribution in [0.2, 0.25) is 0 Å². The molecule has 1 saturated heterocycles. The molecule has 6 rings (SSSR count). The Morgan fingerprint density at radius 3 is 2.46 bits per heavy atom. The van der Waals surface area contributed by atoms with Crippen molar-refractivity contribution in [1.82, 2.24) is 0 Å². The second kappa shape index (κ2) is 9.33. The number of carbonyl (C=O) groups excluding carboxylic acids is 2. The van der Waals surface area contributed by atoms with Gasteiger partial charge in [0.2, 0.25) is 0 Å². The van der Waals surface area contributed by atoms with E-state index >= 15 is 0 Å². The van der Waals surface area contributed by atoms with Gasteiger partial charge in [0, 0.05) is 24.3 Å². The largest absolute Gasteiger partial charge is 0.458 e. The fourth-order valence-electron chi connectivity index (χ4n) is 10.2. The van der Waals surface area contributed by atoms with Crippen LogP contribution in [0.3, 0.4) is 0 Å². The van der Waals surface area contributed by atoms with Crippen molar-refractivity contribution in [2.24, 2.45) is 28.6 Å². The molecule has 0 aromatic carbocycles. The van der Waals surface area contributed by atoms with Crippen LogP contribution in [0.15, 0.2) is 11.6 Å². The van der Waals surface area contributed by atoms with Crippen molar-refractivity contribution < 1.29 is 44.2 Å². The van der Waals surface area contributed by atoms with E-state index in [-0.39, 0.29) is 42.0 Å². The topological polar surface area (TPSA) is 143 Å². The average Bonchev–Trinajstić information content (AvgIpc) is 3.41. The molecule has 9 heteroatoms. The lowest BCUT2D eigenvalue weighted by Crippen LogP contribution is -2.70. The van der Waals surface area contributed by atoms with Crippen LogP contribution in [0.25, 0.3) is 0 Å². The zero-order valence-corrected chi connectivity index (χ0v) is 23.3. The molecule has 0 aromatic rings. The highest BCUT2D eigenvalue weighted by molar-refractivity contribution is 5.85. The quantitative estimate of drug-likeness (QED) is 0.307. The predicted molar refractivity (Wildman–Crippen MR) is 138 cm³/mol. The summed E-state index contributed by atoms with van der Waals surface area (Å²) in [6, 6.07) is 0. The third-order valence-corrected chi connectivity index (χ3v) is 12.2. The summed E-state index contributed by atoms with van der Waals surface area (Å²) >= 11 is 0. The number of fused-ring (bicyclic) bond motifs is 5. The van der Waals surface area contributed by atoms with Crippen LogP contribution in [0.4, 0.5) is 0 Å². The number of ketones is 1. The number of rotatable bonds is 4. The molecule has 4 aliphatic carbocycles. The number of cyclic esters (lactones) is 1. The van der Waals surface area contributed by atoms with Gasteiger partial charge >= 0.3 is 5.97 Å². The first kappa shape index (κ1) is 27.8. The summed E-state index contributed by atoms with van der Waals surface area (Å²) in [6.45, 7) is 5.73. The lowest BCUT2D eigenvalue weighted by Gasteiger charge is -2.66. The molecule has 2 aliphatic heterocycles. The molecular weight excluding hydrogens is 504 g/mol. The van der Waals surface area contributed by atoms with Gasteiger partial charge in [0.1, 0.15) is 18.5 Å². The van der Waals surface area contributed by atoms with E-state index in [1.807, 2.05) is 0 Å². The summed E-state index contributed by atoms with van der Waals surface area (Å²) in [7, 11) is 0. The number of ether oxygens (including phenoxy) is 3. The molecule has 4 N–H and O–H groups in total. The minimum atomic E-state index is -1.25. The normalized spacial score (nSPS) is 53.3. The van der Waals surface area contributed by atoms with Gasteiger partial charge in [-0.15, -0.1) is 0 Å². The molecule has 2 heterocycles. The van der Waals surface area contributed by atoms with Gasteiger partial charge in [-0.1, -0.05) is 6.92 Å². The number of hydrogen-bond acceptors (Lipinski definition) is 9. The van der Waals surface area contributed by atoms with E-state index in [1.165, 1.54) is 0 Å². The minimum Gasteiger partial charge on any atom is -0.458 e. The highest BCUT2D eigenvalue weighted by atomic mass is 16.7. The number of carbonyl (C=O) groups is 2. The van der Waals surface area contributed by atoms with Crippen LogP contribution >= 0.6 is 0 Å². The Hall–Kier alpha value is -1.36. The first-order valence-electron chi connectivity index (χ1n) is 14.8. The summed E-state index contributed by atoms with van der Waals surface area (Å²) in [5.74, 6) is -0.502. The first-order valence-corrected chi connectivity index (χ1v) is 14.8. The summed E-state index contributed by atoms with van der Waals surface area (Å²) in [5.41, 5.74) is -2.62. The fourth-order valence-corrected chi connectivity index (χ4v) is 10.2. The Bertz CT molecular complexity index is 1050. The van der Waals surface area contributed by atoms with Gasteiger partial charge in [0.15, 0.2) is 6.29 Å². The van der Waals surface area contributed by atoms with Crippen molar-refractivity contribution >= 4 is 11.8 Å². The SMILES string of the molecule is CC(=O)C12CCC(OC3CC(O)C(O)C(C)O3)CC1(O)CCC1C2CCC2(C)C(C3=CC(=O)OC3)CCC12O. The Morgan fingerprint density at radius 2 is 1.79 bits per heavy atom. The van der Waals surface area contributed by atoms with Crippen LogP contribution in [0.1, 0.15) is 85.0 Å². The van der Waals surface area contributed by atoms with Crippen LogP contribution in [-0.4, -0.2) is 80.7 Å². The van der Waals surface area contributed by atoms with Gasteiger partial charge in [-0.25, -0.2) is 4.79 Å². The maximum atomic E-state index is 13.6. The smallest absolute Gasteiger partial charge is 0.331 e. The Balaban J connectivity index is 1.24. The third-order valence-electron chi connectivity index (χ3n) is 12.2. The molecule has 12 atom stereocenters. The second-order valence-electron chi connectivity index (χ2n) is 13.7. The summed E-state index contributed by atoms with van der Waals surface area (Å²) < 4.78 is 17.2. The molecule has 6 aliphatic rings. The molecule has 5 fully saturated rings. The van der Waals surface area contributed by atoms with Crippen molar-refractivity contribution in [3.8, 4) is 0 Å². The highest BCUT2D eigenvalue weighted by Gasteiger charge is 2.72. The van der Waals surface area contributed by atoms with E-state index in [1.54, 1.807) is 19.9 Å². The molecule has 218 valence electrons. The van der Waals surface area contributed by atoms with E-state index < -0.39 is 46.6 Å². The van der Waals surface area contributed by atoms with Crippen molar-refractivity contribution in [3.05, 3.63) is 11.6 Å². The van der Waals surface area contributed by atoms with Gasteiger partial charge < -0.3 is 34.6 Å². The number of hydrogen-bond donors (Lipinski definition) is 4. The van der Waals surface area contributed by atoms with Gasteiger partial charge in [0.05, 0.1) is 34.9 Å². The van der Waals surface area contributed by atoms with E-state index in [2.05, 4.69) is 6.92 Å². The van der Waals surface area contributed by atoms with E-state index in [4.69, 9.17) is 14.2 Å². The highest BCUT2D eigenvalue weighted by Crippen LogP contribution is 2.71. The molecule has 0 bridgehead atoms. The van der Waals surface area contributed by atoms with Gasteiger partial charge in [0.25, 0.3) is 0 Å². The molecule has 12 unspecified atom stereocenters. The number of aliphatic hydroxyl groups is 4. The first-order chi connectivity index (χ1) is 18.3. The summed E-state index contributed by atoms with van der Waals surface area (Å²) in [4.78, 5) is 25.4. The molecular formula is C30H44O9. The van der Waals surface area contributed by atoms with Crippen LogP contribution in [0, 0.1) is 28.6 Å². The molecule has 0 amide bonds. The Morgan fingerprint density at radius 1 is 1.05 bits per heavy atom. The molecule has 0 radical (unpaired) electrons. The second-order valence-corrected chi connectivity index (χ2v) is 13.7. The van der Waals surface area contributed by atoms with Crippen LogP contribution in [-0.2, 0) is 23.8 Å². The van der Waals surface area contributed by atoms with Crippen molar-refractivity contribution in [3.63, 3.8) is 0 Å². The summed E-state index contributed by atoms with van der Waals surface area (Å²) in [5, 5.41) is 44.9. The zero-order valence-electron chi connectivity index (χ0n) is 23.3.